The highest BCUT2D eigenvalue weighted by Gasteiger charge is 2.27. The molecule has 2 aromatic carbocycles. The van der Waals surface area contributed by atoms with Crippen molar-refractivity contribution in [2.24, 2.45) is 10.4 Å². The van der Waals surface area contributed by atoms with Crippen molar-refractivity contribution < 1.29 is 28.9 Å². The number of aryl methyl sites for hydroxylation is 1. The van der Waals surface area contributed by atoms with Crippen molar-refractivity contribution in [2.45, 2.75) is 27.3 Å². The average molecular weight is 510 g/mol. The smallest absolute Gasteiger partial charge is 0.321 e. The number of nitrogens with zero attached hydrogens (tertiary/aromatic N) is 2. The number of hydrogen-bond acceptors (Lipinski definition) is 6. The number of amides is 2. The molecule has 0 saturated carbocycles. The summed E-state index contributed by atoms with van der Waals surface area (Å²) in [6.07, 6.45) is 2.47. The zero-order valence-electron chi connectivity index (χ0n) is 20.6. The first-order chi connectivity index (χ1) is 17.5. The molecule has 3 aromatic rings. The SMILES string of the molecule is Cc1cc(NC(=NCC(C)(C)C(=O)O)NC(=O)NCc2ccc(O)cc2)ccc1Oc1cncc(F)c1. The van der Waals surface area contributed by atoms with Crippen molar-refractivity contribution in [1.82, 2.24) is 15.6 Å². The molecule has 0 atom stereocenters. The van der Waals surface area contributed by atoms with Crippen molar-refractivity contribution in [3.05, 3.63) is 77.9 Å². The fourth-order valence-electron chi connectivity index (χ4n) is 2.96. The number of aliphatic imine (C=N–C) groups is 1. The summed E-state index contributed by atoms with van der Waals surface area (Å²) < 4.78 is 19.1. The van der Waals surface area contributed by atoms with Crippen LogP contribution in [0.15, 0.2) is 65.9 Å². The number of rotatable bonds is 8. The van der Waals surface area contributed by atoms with E-state index in [4.69, 9.17) is 4.74 Å². The first kappa shape index (κ1) is 26.9. The van der Waals surface area contributed by atoms with Gasteiger partial charge in [-0.1, -0.05) is 12.1 Å². The van der Waals surface area contributed by atoms with Gasteiger partial charge in [-0.15, -0.1) is 0 Å². The number of carboxylic acids is 1. The molecule has 0 spiro atoms. The molecule has 5 N–H and O–H groups in total. The molecule has 1 heterocycles. The number of halogens is 1. The van der Waals surface area contributed by atoms with Gasteiger partial charge >= 0.3 is 12.0 Å². The lowest BCUT2D eigenvalue weighted by Crippen LogP contribution is -2.43. The van der Waals surface area contributed by atoms with E-state index < -0.39 is 23.2 Å². The molecule has 11 heteroatoms. The summed E-state index contributed by atoms with van der Waals surface area (Å²) in [4.78, 5) is 32.1. The van der Waals surface area contributed by atoms with E-state index in [0.29, 0.717) is 17.0 Å². The highest BCUT2D eigenvalue weighted by Crippen LogP contribution is 2.27. The Morgan fingerprint density at radius 2 is 1.84 bits per heavy atom. The molecular weight excluding hydrogens is 481 g/mol. The monoisotopic (exact) mass is 509 g/mol. The van der Waals surface area contributed by atoms with Gasteiger partial charge in [-0.05, 0) is 62.2 Å². The van der Waals surface area contributed by atoms with Crippen molar-refractivity contribution >= 4 is 23.6 Å². The van der Waals surface area contributed by atoms with Gasteiger partial charge in [0.2, 0.25) is 5.96 Å². The number of guanidine groups is 1. The minimum atomic E-state index is -1.16. The molecule has 10 nitrogen and oxygen atoms in total. The Morgan fingerprint density at radius 1 is 1.11 bits per heavy atom. The van der Waals surface area contributed by atoms with Gasteiger partial charge in [0.25, 0.3) is 0 Å². The van der Waals surface area contributed by atoms with Crippen LogP contribution in [0.5, 0.6) is 17.2 Å². The number of carbonyl (C=O) groups is 2. The topological polar surface area (TPSA) is 145 Å². The van der Waals surface area contributed by atoms with Gasteiger partial charge in [0.05, 0.1) is 24.4 Å². The summed E-state index contributed by atoms with van der Waals surface area (Å²) in [5.41, 5.74) is 0.860. The first-order valence-corrected chi connectivity index (χ1v) is 11.3. The van der Waals surface area contributed by atoms with Crippen LogP contribution in [0, 0.1) is 18.2 Å². The zero-order chi connectivity index (χ0) is 27.0. The van der Waals surface area contributed by atoms with Gasteiger partial charge in [-0.3, -0.25) is 20.1 Å². The Kier molecular flexibility index (Phi) is 8.62. The van der Waals surface area contributed by atoms with Gasteiger partial charge in [0, 0.05) is 18.3 Å². The van der Waals surface area contributed by atoms with Crippen LogP contribution in [0.2, 0.25) is 0 Å². The lowest BCUT2D eigenvalue weighted by molar-refractivity contribution is -0.146. The number of nitrogens with one attached hydrogen (secondary N) is 3. The van der Waals surface area contributed by atoms with Gasteiger partial charge in [-0.25, -0.2) is 9.18 Å². The summed E-state index contributed by atoms with van der Waals surface area (Å²) in [6, 6.07) is 12.1. The molecule has 0 aliphatic heterocycles. The third-order valence-corrected chi connectivity index (χ3v) is 5.18. The van der Waals surface area contributed by atoms with Gasteiger partial charge < -0.3 is 25.6 Å². The van der Waals surface area contributed by atoms with E-state index in [-0.39, 0.29) is 30.5 Å². The Bertz CT molecular complexity index is 1290. The van der Waals surface area contributed by atoms with Crippen molar-refractivity contribution in [3.8, 4) is 17.2 Å². The number of benzene rings is 2. The Hall–Kier alpha value is -4.67. The summed E-state index contributed by atoms with van der Waals surface area (Å²) >= 11 is 0. The largest absolute Gasteiger partial charge is 0.508 e. The van der Waals surface area contributed by atoms with E-state index >= 15 is 0 Å². The van der Waals surface area contributed by atoms with Gasteiger partial charge in [0.1, 0.15) is 23.1 Å². The van der Waals surface area contributed by atoms with Crippen molar-refractivity contribution in [3.63, 3.8) is 0 Å². The molecule has 0 saturated heterocycles. The van der Waals surface area contributed by atoms with Crippen LogP contribution < -0.4 is 20.7 Å². The van der Waals surface area contributed by atoms with Crippen LogP contribution in [0.25, 0.3) is 0 Å². The van der Waals surface area contributed by atoms with Crippen molar-refractivity contribution in [1.29, 1.82) is 0 Å². The molecule has 0 fully saturated rings. The number of urea groups is 1. The second-order valence-electron chi connectivity index (χ2n) is 8.87. The number of aromatic hydroxyl groups is 1. The molecule has 37 heavy (non-hydrogen) atoms. The predicted molar refractivity (Wildman–Crippen MR) is 136 cm³/mol. The lowest BCUT2D eigenvalue weighted by atomic mass is 9.94. The van der Waals surface area contributed by atoms with E-state index in [1.54, 1.807) is 37.3 Å². The van der Waals surface area contributed by atoms with Crippen LogP contribution in [0.3, 0.4) is 0 Å². The first-order valence-electron chi connectivity index (χ1n) is 11.3. The minimum Gasteiger partial charge on any atom is -0.508 e. The highest BCUT2D eigenvalue weighted by atomic mass is 19.1. The summed E-state index contributed by atoms with van der Waals surface area (Å²) in [7, 11) is 0. The summed E-state index contributed by atoms with van der Waals surface area (Å²) in [6.45, 7) is 4.93. The number of anilines is 1. The quantitative estimate of drug-likeness (QED) is 0.223. The van der Waals surface area contributed by atoms with Gasteiger partial charge in [-0.2, -0.15) is 0 Å². The fraction of sp³-hybridized carbons (Fsp3) is 0.231. The molecule has 0 aliphatic rings. The molecule has 2 amide bonds. The maximum absolute atomic E-state index is 13.4. The third kappa shape index (κ3) is 8.20. The normalized spacial score (nSPS) is 11.5. The Morgan fingerprint density at radius 3 is 2.49 bits per heavy atom. The van der Waals surface area contributed by atoms with Crippen LogP contribution in [0.1, 0.15) is 25.0 Å². The maximum Gasteiger partial charge on any atom is 0.321 e. The number of phenols is 1. The van der Waals surface area contributed by atoms with E-state index in [9.17, 15) is 24.2 Å². The fourth-order valence-corrected chi connectivity index (χ4v) is 2.96. The van der Waals surface area contributed by atoms with Crippen LogP contribution >= 0.6 is 0 Å². The van der Waals surface area contributed by atoms with Crippen LogP contribution in [-0.2, 0) is 11.3 Å². The van der Waals surface area contributed by atoms with Crippen LogP contribution in [0.4, 0.5) is 14.9 Å². The number of carbonyl (C=O) groups excluding carboxylic acids is 1. The molecule has 1 aromatic heterocycles. The number of carboxylic acid groups (broad SMARTS) is 1. The molecule has 0 unspecified atom stereocenters. The molecule has 194 valence electrons. The maximum atomic E-state index is 13.4. The highest BCUT2D eigenvalue weighted by molar-refractivity contribution is 6.03. The Labute approximate surface area is 213 Å². The molecule has 0 radical (unpaired) electrons. The number of aliphatic carboxylic acids is 1. The van der Waals surface area contributed by atoms with E-state index in [2.05, 4.69) is 25.9 Å². The number of hydrogen-bond donors (Lipinski definition) is 5. The molecule has 3 rings (SSSR count). The number of ether oxygens (including phenoxy) is 1. The second-order valence-corrected chi connectivity index (χ2v) is 8.87. The summed E-state index contributed by atoms with van der Waals surface area (Å²) in [5.74, 6) is -0.672. The standard InChI is InChI=1S/C26H28FN5O5/c1-16-10-19(6-9-22(16)37-21-11-18(27)13-28-14-21)31-24(30-15-26(2,3)23(34)35)32-25(36)29-12-17-4-7-20(33)8-5-17/h4-11,13-14,33H,12,15H2,1-3H3,(H,34,35)(H3,29,30,31,32,36). The second kappa shape index (κ2) is 11.8. The average Bonchev–Trinajstić information content (AvgIpc) is 2.84. The van der Waals surface area contributed by atoms with Crippen molar-refractivity contribution in [2.75, 3.05) is 11.9 Å². The third-order valence-electron chi connectivity index (χ3n) is 5.18. The zero-order valence-corrected chi connectivity index (χ0v) is 20.6. The van der Waals surface area contributed by atoms with Crippen LogP contribution in [-0.4, -0.2) is 39.7 Å². The Balaban J connectivity index is 1.72. The number of aromatic nitrogens is 1. The summed E-state index contributed by atoms with van der Waals surface area (Å²) in [5, 5.41) is 27.1. The molecule has 0 bridgehead atoms. The van der Waals surface area contributed by atoms with E-state index in [0.717, 1.165) is 11.8 Å². The van der Waals surface area contributed by atoms with E-state index in [1.165, 1.54) is 38.2 Å². The molecular formula is C26H28FN5O5. The number of phenolic OH excluding ortho intramolecular Hbond substituents is 1. The van der Waals surface area contributed by atoms with Gasteiger partial charge in [0.15, 0.2) is 0 Å². The number of pyridine rings is 1. The predicted octanol–water partition coefficient (Wildman–Crippen LogP) is 4.41. The minimum absolute atomic E-state index is 0.0416. The molecule has 0 aliphatic carbocycles. The van der Waals surface area contributed by atoms with E-state index in [1.807, 2.05) is 0 Å². The lowest BCUT2D eigenvalue weighted by Gasteiger charge is -2.18.